The third-order valence-electron chi connectivity index (χ3n) is 5.43. The first-order valence-electron chi connectivity index (χ1n) is 10.0. The molecule has 5 rings (SSSR count). The van der Waals surface area contributed by atoms with Crippen LogP contribution < -0.4 is 16.0 Å². The van der Waals surface area contributed by atoms with Gasteiger partial charge >= 0.3 is 0 Å². The summed E-state index contributed by atoms with van der Waals surface area (Å²) < 4.78 is 5.54. The Bertz CT molecular complexity index is 1210. The molecular weight excluding hydrogens is 392 g/mol. The number of amides is 1. The Morgan fingerprint density at radius 1 is 1.10 bits per heavy atom. The summed E-state index contributed by atoms with van der Waals surface area (Å²) in [4.78, 5) is 16.8. The fourth-order valence-corrected chi connectivity index (χ4v) is 3.81. The van der Waals surface area contributed by atoms with E-state index in [1.807, 2.05) is 54.6 Å². The van der Waals surface area contributed by atoms with E-state index >= 15 is 0 Å². The van der Waals surface area contributed by atoms with Gasteiger partial charge in [-0.2, -0.15) is 5.10 Å². The molecule has 0 saturated carbocycles. The van der Waals surface area contributed by atoms with E-state index in [0.29, 0.717) is 6.54 Å². The number of H-pyrrole nitrogens is 1. The Morgan fingerprint density at radius 2 is 1.84 bits per heavy atom. The molecule has 4 N–H and O–H groups in total. The van der Waals surface area contributed by atoms with Crippen molar-refractivity contribution in [3.05, 3.63) is 72.6 Å². The van der Waals surface area contributed by atoms with Crippen LogP contribution in [0.3, 0.4) is 0 Å². The largest absolute Gasteiger partial charge is 0.375 e. The molecule has 2 aromatic heterocycles. The molecule has 0 saturated heterocycles. The first kappa shape index (κ1) is 19.1. The third kappa shape index (κ3) is 3.69. The molecule has 0 radical (unpaired) electrons. The summed E-state index contributed by atoms with van der Waals surface area (Å²) in [5, 5.41) is 18.0. The molecule has 2 atom stereocenters. The van der Waals surface area contributed by atoms with E-state index in [1.165, 1.54) is 0 Å². The number of fused-ring (bicyclic) bond motifs is 2. The lowest BCUT2D eigenvalue weighted by molar-refractivity contribution is -0.121. The predicted molar refractivity (Wildman–Crippen MR) is 120 cm³/mol. The van der Waals surface area contributed by atoms with Crippen LogP contribution in [0.1, 0.15) is 11.7 Å². The number of nitrogens with zero attached hydrogens (tertiary/aromatic N) is 2. The minimum atomic E-state index is -0.563. The summed E-state index contributed by atoms with van der Waals surface area (Å²) in [5.41, 5.74) is 5.45. The lowest BCUT2D eigenvalue weighted by Gasteiger charge is -2.18. The normalized spacial score (nSPS) is 15.7. The Hall–Kier alpha value is -3.91. The number of pyridine rings is 1. The monoisotopic (exact) mass is 414 g/mol. The number of aromatic nitrogens is 3. The maximum atomic E-state index is 12.8. The topological polar surface area (TPSA) is 104 Å². The number of hydrogen-bond acceptors (Lipinski definition) is 6. The second-order valence-corrected chi connectivity index (χ2v) is 7.35. The third-order valence-corrected chi connectivity index (χ3v) is 5.43. The zero-order valence-corrected chi connectivity index (χ0v) is 16.9. The zero-order chi connectivity index (χ0) is 21.2. The van der Waals surface area contributed by atoms with Crippen molar-refractivity contribution in [2.45, 2.75) is 12.3 Å². The zero-order valence-electron chi connectivity index (χ0n) is 16.9. The average Bonchev–Trinajstić information content (AvgIpc) is 3.42. The quantitative estimate of drug-likeness (QED) is 0.386. The van der Waals surface area contributed by atoms with Crippen LogP contribution in [0.15, 0.2) is 67.0 Å². The Balaban J connectivity index is 1.30. The highest BCUT2D eigenvalue weighted by molar-refractivity contribution is 6.02. The van der Waals surface area contributed by atoms with E-state index in [0.717, 1.165) is 39.1 Å². The number of ether oxygens (including phenoxy) is 1. The van der Waals surface area contributed by atoms with Crippen LogP contribution in [-0.4, -0.2) is 40.9 Å². The van der Waals surface area contributed by atoms with Crippen LogP contribution in [0, 0.1) is 0 Å². The average molecular weight is 414 g/mol. The molecule has 8 nitrogen and oxygen atoms in total. The first-order chi connectivity index (χ1) is 15.2. The van der Waals surface area contributed by atoms with Crippen LogP contribution in [0.5, 0.6) is 0 Å². The molecule has 0 spiro atoms. The lowest BCUT2D eigenvalue weighted by Crippen LogP contribution is -2.43. The van der Waals surface area contributed by atoms with E-state index in [-0.39, 0.29) is 12.0 Å². The molecule has 1 amide bonds. The van der Waals surface area contributed by atoms with Crippen molar-refractivity contribution >= 4 is 28.2 Å². The van der Waals surface area contributed by atoms with E-state index in [1.54, 1.807) is 19.5 Å². The van der Waals surface area contributed by atoms with E-state index in [9.17, 15) is 4.79 Å². The Labute approximate surface area is 179 Å². The van der Waals surface area contributed by atoms with Gasteiger partial charge < -0.3 is 20.7 Å². The summed E-state index contributed by atoms with van der Waals surface area (Å²) in [6, 6.07) is 17.6. The van der Waals surface area contributed by atoms with E-state index < -0.39 is 6.17 Å². The number of nitrogens with one attached hydrogen (secondary N) is 4. The number of rotatable bonds is 6. The van der Waals surface area contributed by atoms with Gasteiger partial charge in [-0.15, -0.1) is 0 Å². The number of aromatic amines is 1. The van der Waals surface area contributed by atoms with Gasteiger partial charge in [0.05, 0.1) is 23.0 Å². The molecule has 0 bridgehead atoms. The van der Waals surface area contributed by atoms with Gasteiger partial charge in [0.25, 0.3) is 5.91 Å². The molecule has 31 heavy (non-hydrogen) atoms. The summed E-state index contributed by atoms with van der Waals surface area (Å²) in [5.74, 6) is -0.148. The highest BCUT2D eigenvalue weighted by Crippen LogP contribution is 2.36. The van der Waals surface area contributed by atoms with Crippen LogP contribution >= 0.6 is 0 Å². The van der Waals surface area contributed by atoms with Crippen molar-refractivity contribution in [3.8, 4) is 11.3 Å². The minimum Gasteiger partial charge on any atom is -0.375 e. The van der Waals surface area contributed by atoms with Crippen molar-refractivity contribution in [1.29, 1.82) is 0 Å². The lowest BCUT2D eigenvalue weighted by atomic mass is 10.1. The number of benzene rings is 2. The summed E-state index contributed by atoms with van der Waals surface area (Å²) in [6.07, 6.45) is 2.71. The molecule has 2 aromatic carbocycles. The molecule has 4 aromatic rings. The highest BCUT2D eigenvalue weighted by atomic mass is 16.5. The molecule has 1 aliphatic rings. The molecule has 1 aliphatic heterocycles. The summed E-state index contributed by atoms with van der Waals surface area (Å²) in [7, 11) is 1.64. The van der Waals surface area contributed by atoms with Gasteiger partial charge in [-0.3, -0.25) is 14.9 Å². The van der Waals surface area contributed by atoms with Crippen molar-refractivity contribution in [2.24, 2.45) is 0 Å². The number of methoxy groups -OCH3 is 1. The van der Waals surface area contributed by atoms with Gasteiger partial charge in [-0.25, -0.2) is 0 Å². The van der Waals surface area contributed by atoms with Crippen molar-refractivity contribution in [3.63, 3.8) is 0 Å². The maximum absolute atomic E-state index is 12.8. The Morgan fingerprint density at radius 3 is 2.58 bits per heavy atom. The second-order valence-electron chi connectivity index (χ2n) is 7.35. The minimum absolute atomic E-state index is 0.148. The van der Waals surface area contributed by atoms with E-state index in [4.69, 9.17) is 4.74 Å². The molecule has 2 unspecified atom stereocenters. The fourth-order valence-electron chi connectivity index (χ4n) is 3.81. The highest BCUT2D eigenvalue weighted by Gasteiger charge is 2.27. The van der Waals surface area contributed by atoms with Crippen LogP contribution in [0.2, 0.25) is 0 Å². The van der Waals surface area contributed by atoms with Crippen LogP contribution in [-0.2, 0) is 9.53 Å². The van der Waals surface area contributed by atoms with Gasteiger partial charge in [-0.05, 0) is 29.8 Å². The van der Waals surface area contributed by atoms with Gasteiger partial charge in [0.2, 0.25) is 0 Å². The van der Waals surface area contributed by atoms with Crippen molar-refractivity contribution in [1.82, 2.24) is 20.5 Å². The number of carbonyl (C=O) groups excluding carboxylic acids is 1. The predicted octanol–water partition coefficient (Wildman–Crippen LogP) is 3.29. The summed E-state index contributed by atoms with van der Waals surface area (Å²) >= 11 is 0. The first-order valence-corrected chi connectivity index (χ1v) is 10.0. The van der Waals surface area contributed by atoms with Gasteiger partial charge in [-0.1, -0.05) is 30.3 Å². The van der Waals surface area contributed by atoms with Gasteiger partial charge in [0.1, 0.15) is 5.69 Å². The van der Waals surface area contributed by atoms with Crippen molar-refractivity contribution < 1.29 is 9.53 Å². The molecule has 0 aliphatic carbocycles. The maximum Gasteiger partial charge on any atom is 0.263 e. The van der Waals surface area contributed by atoms with Crippen LogP contribution in [0.4, 0.5) is 11.4 Å². The van der Waals surface area contributed by atoms with Gasteiger partial charge in [0.15, 0.2) is 6.17 Å². The molecule has 0 fully saturated rings. The number of carbonyl (C=O) groups is 1. The smallest absolute Gasteiger partial charge is 0.263 e. The molecule has 156 valence electrons. The SMILES string of the molecule is COC(CNC(=O)C1Nc2cc3[nH]nc(-c4ccncc4)c3cc2N1)c1ccccc1. The number of anilines is 2. The fraction of sp³-hybridized carbons (Fsp3) is 0.174. The standard InChI is InChI=1S/C23H22N6O2/c1-31-20(14-5-3-2-4-6-14)13-25-23(30)22-26-18-11-16-17(12-19(18)27-22)28-29-21(16)15-7-9-24-10-8-15/h2-12,20,22,26-27H,13H2,1H3,(H,25,30)(H,28,29). The molecular formula is C23H22N6O2. The summed E-state index contributed by atoms with van der Waals surface area (Å²) in [6.45, 7) is 0.381. The molecule has 3 heterocycles. The van der Waals surface area contributed by atoms with Gasteiger partial charge in [0, 0.05) is 37.0 Å². The van der Waals surface area contributed by atoms with Crippen LogP contribution in [0.25, 0.3) is 22.2 Å². The van der Waals surface area contributed by atoms with E-state index in [2.05, 4.69) is 31.1 Å². The Kier molecular flexibility index (Phi) is 4.97. The number of hydrogen-bond donors (Lipinski definition) is 4. The second kappa shape index (κ2) is 8.08. The van der Waals surface area contributed by atoms with Crippen molar-refractivity contribution in [2.75, 3.05) is 24.3 Å². The molecule has 8 heteroatoms.